The SMILES string of the molecule is COc1ccc(C(=O)COC(=O)c2cc(-c3ccc(N4C(=O)c5ccccc5C4=O)cc3)nc3c(C)cccc23)cc1. The Labute approximate surface area is 241 Å². The molecule has 0 aliphatic carbocycles. The maximum absolute atomic E-state index is 13.3. The number of hydrogen-bond donors (Lipinski definition) is 0. The Morgan fingerprint density at radius 1 is 0.810 bits per heavy atom. The minimum absolute atomic E-state index is 0.269. The van der Waals surface area contributed by atoms with E-state index in [0.29, 0.717) is 50.3 Å². The van der Waals surface area contributed by atoms with E-state index in [1.807, 2.05) is 19.1 Å². The van der Waals surface area contributed by atoms with Crippen LogP contribution in [0.5, 0.6) is 5.75 Å². The van der Waals surface area contributed by atoms with Crippen LogP contribution in [0, 0.1) is 6.92 Å². The fourth-order valence-electron chi connectivity index (χ4n) is 4.98. The fourth-order valence-corrected chi connectivity index (χ4v) is 4.98. The number of pyridine rings is 1. The van der Waals surface area contributed by atoms with E-state index in [1.165, 1.54) is 7.11 Å². The van der Waals surface area contributed by atoms with Crippen molar-refractivity contribution in [3.8, 4) is 17.0 Å². The van der Waals surface area contributed by atoms with Gasteiger partial charge in [0.25, 0.3) is 11.8 Å². The van der Waals surface area contributed by atoms with Gasteiger partial charge >= 0.3 is 5.97 Å². The molecule has 206 valence electrons. The lowest BCUT2D eigenvalue weighted by molar-refractivity contribution is 0.0476. The Hall–Kier alpha value is -5.63. The number of fused-ring (bicyclic) bond motifs is 2. The molecular formula is C34H24N2O6. The van der Waals surface area contributed by atoms with Gasteiger partial charge in [-0.3, -0.25) is 14.4 Å². The predicted octanol–water partition coefficient (Wildman–Crippen LogP) is 6.06. The molecule has 0 fully saturated rings. The van der Waals surface area contributed by atoms with Gasteiger partial charge in [-0.25, -0.2) is 14.7 Å². The highest BCUT2D eigenvalue weighted by Crippen LogP contribution is 2.32. The lowest BCUT2D eigenvalue weighted by Gasteiger charge is -2.15. The number of ether oxygens (including phenoxy) is 2. The number of aryl methyl sites for hydroxylation is 1. The maximum atomic E-state index is 13.3. The van der Waals surface area contributed by atoms with Gasteiger partial charge in [0.2, 0.25) is 0 Å². The van der Waals surface area contributed by atoms with Crippen LogP contribution in [0.3, 0.4) is 0 Å². The number of imide groups is 1. The predicted molar refractivity (Wildman–Crippen MR) is 157 cm³/mol. The lowest BCUT2D eigenvalue weighted by Crippen LogP contribution is -2.29. The van der Waals surface area contributed by atoms with Crippen LogP contribution in [-0.2, 0) is 4.74 Å². The molecule has 42 heavy (non-hydrogen) atoms. The lowest BCUT2D eigenvalue weighted by atomic mass is 10.0. The summed E-state index contributed by atoms with van der Waals surface area (Å²) in [6.07, 6.45) is 0. The number of para-hydroxylation sites is 1. The van der Waals surface area contributed by atoms with Crippen LogP contribution in [0.25, 0.3) is 22.2 Å². The molecule has 1 aromatic heterocycles. The zero-order valence-electron chi connectivity index (χ0n) is 22.8. The van der Waals surface area contributed by atoms with Gasteiger partial charge in [0.05, 0.1) is 40.7 Å². The standard InChI is InChI=1S/C34H24N2O6/c1-20-6-5-9-25-28(34(40)42-19-30(37)22-12-16-24(41-2)17-13-22)18-29(35-31(20)25)21-10-14-23(15-11-21)36-32(38)26-7-3-4-8-27(26)33(36)39/h3-18H,19H2,1-2H3. The average molecular weight is 557 g/mol. The minimum atomic E-state index is -0.654. The van der Waals surface area contributed by atoms with Gasteiger partial charge < -0.3 is 9.47 Å². The molecular weight excluding hydrogens is 532 g/mol. The van der Waals surface area contributed by atoms with Crippen LogP contribution in [0.4, 0.5) is 5.69 Å². The van der Waals surface area contributed by atoms with Crippen LogP contribution in [-0.4, -0.2) is 42.3 Å². The summed E-state index contributed by atoms with van der Waals surface area (Å²) in [5.74, 6) is -1.14. The number of esters is 1. The number of carbonyl (C=O) groups excluding carboxylic acids is 4. The molecule has 0 radical (unpaired) electrons. The van der Waals surface area contributed by atoms with Crippen molar-refractivity contribution < 1.29 is 28.7 Å². The number of rotatable bonds is 7. The molecule has 1 aliphatic rings. The van der Waals surface area contributed by atoms with E-state index in [4.69, 9.17) is 14.5 Å². The molecule has 2 heterocycles. The van der Waals surface area contributed by atoms with Gasteiger partial charge in [0.15, 0.2) is 12.4 Å². The summed E-state index contributed by atoms with van der Waals surface area (Å²) in [7, 11) is 1.54. The van der Waals surface area contributed by atoms with E-state index in [9.17, 15) is 19.2 Å². The first kappa shape index (κ1) is 26.6. The third kappa shape index (κ3) is 4.69. The van der Waals surface area contributed by atoms with Crippen LogP contribution in [0.15, 0.2) is 97.1 Å². The first-order chi connectivity index (χ1) is 20.4. The maximum Gasteiger partial charge on any atom is 0.339 e. The van der Waals surface area contributed by atoms with Crippen molar-refractivity contribution in [1.29, 1.82) is 0 Å². The van der Waals surface area contributed by atoms with Crippen molar-refractivity contribution in [2.75, 3.05) is 18.6 Å². The first-order valence-electron chi connectivity index (χ1n) is 13.2. The largest absolute Gasteiger partial charge is 0.497 e. The third-order valence-electron chi connectivity index (χ3n) is 7.22. The topological polar surface area (TPSA) is 103 Å². The average Bonchev–Trinajstić information content (AvgIpc) is 3.28. The Balaban J connectivity index is 1.29. The van der Waals surface area contributed by atoms with Gasteiger partial charge in [-0.2, -0.15) is 0 Å². The monoisotopic (exact) mass is 556 g/mol. The molecule has 0 atom stereocenters. The highest BCUT2D eigenvalue weighted by molar-refractivity contribution is 6.34. The number of aromatic nitrogens is 1. The molecule has 5 aromatic rings. The number of hydrogen-bond acceptors (Lipinski definition) is 7. The highest BCUT2D eigenvalue weighted by Gasteiger charge is 2.36. The Kier molecular flexibility index (Phi) is 6.80. The summed E-state index contributed by atoms with van der Waals surface area (Å²) in [5, 5.41) is 0.600. The molecule has 2 amide bonds. The van der Waals surface area contributed by atoms with Crippen molar-refractivity contribution in [2.45, 2.75) is 6.92 Å². The number of amides is 2. The summed E-state index contributed by atoms with van der Waals surface area (Å²) >= 11 is 0. The summed E-state index contributed by atoms with van der Waals surface area (Å²) < 4.78 is 10.6. The van der Waals surface area contributed by atoms with Crippen LogP contribution in [0.2, 0.25) is 0 Å². The summed E-state index contributed by atoms with van der Waals surface area (Å²) in [4.78, 5) is 57.7. The highest BCUT2D eigenvalue weighted by atomic mass is 16.5. The molecule has 4 aromatic carbocycles. The number of carbonyl (C=O) groups is 4. The summed E-state index contributed by atoms with van der Waals surface area (Å²) in [5.41, 5.74) is 4.48. The van der Waals surface area contributed by atoms with Crippen LogP contribution < -0.4 is 9.64 Å². The van der Waals surface area contributed by atoms with E-state index >= 15 is 0 Å². The summed E-state index contributed by atoms with van der Waals surface area (Å²) in [6, 6.07) is 27.2. The molecule has 8 heteroatoms. The van der Waals surface area contributed by atoms with Gasteiger partial charge in [0, 0.05) is 16.5 Å². The van der Waals surface area contributed by atoms with Crippen molar-refractivity contribution in [3.05, 3.63) is 125 Å². The van der Waals surface area contributed by atoms with E-state index in [0.717, 1.165) is 10.5 Å². The molecule has 0 unspecified atom stereocenters. The summed E-state index contributed by atoms with van der Waals surface area (Å²) in [6.45, 7) is 1.47. The minimum Gasteiger partial charge on any atom is -0.497 e. The molecule has 8 nitrogen and oxygen atoms in total. The van der Waals surface area contributed by atoms with Gasteiger partial charge in [-0.05, 0) is 67.1 Å². The zero-order chi connectivity index (χ0) is 29.4. The number of anilines is 1. The van der Waals surface area contributed by atoms with Crippen molar-refractivity contribution in [1.82, 2.24) is 4.98 Å². The van der Waals surface area contributed by atoms with Crippen molar-refractivity contribution in [2.24, 2.45) is 0 Å². The van der Waals surface area contributed by atoms with Gasteiger partial charge in [-0.1, -0.05) is 42.5 Å². The normalized spacial score (nSPS) is 12.4. The van der Waals surface area contributed by atoms with Crippen molar-refractivity contribution >= 4 is 40.2 Å². The number of nitrogens with zero attached hydrogens (tertiary/aromatic N) is 2. The quantitative estimate of drug-likeness (QED) is 0.136. The van der Waals surface area contributed by atoms with Gasteiger partial charge in [-0.15, -0.1) is 0 Å². The van der Waals surface area contributed by atoms with Crippen molar-refractivity contribution in [3.63, 3.8) is 0 Å². The molecule has 0 saturated heterocycles. The molecule has 0 N–H and O–H groups in total. The Morgan fingerprint density at radius 2 is 1.48 bits per heavy atom. The Bertz CT molecular complexity index is 1860. The molecule has 0 bridgehead atoms. The molecule has 6 rings (SSSR count). The number of benzene rings is 4. The second-order valence-corrected chi connectivity index (χ2v) is 9.79. The fraction of sp³-hybridized carbons (Fsp3) is 0.0882. The van der Waals surface area contributed by atoms with E-state index < -0.39 is 12.6 Å². The second kappa shape index (κ2) is 10.7. The molecule has 0 saturated carbocycles. The van der Waals surface area contributed by atoms with Gasteiger partial charge in [0.1, 0.15) is 5.75 Å². The third-order valence-corrected chi connectivity index (χ3v) is 7.22. The smallest absolute Gasteiger partial charge is 0.339 e. The number of ketones is 1. The Morgan fingerprint density at radius 3 is 2.12 bits per heavy atom. The molecule has 1 aliphatic heterocycles. The van der Waals surface area contributed by atoms with Crippen LogP contribution >= 0.6 is 0 Å². The van der Waals surface area contributed by atoms with Crippen LogP contribution in [0.1, 0.15) is 47.0 Å². The van der Waals surface area contributed by atoms with E-state index in [2.05, 4.69) is 0 Å². The number of Topliss-reactive ketones (excluding diaryl/α,β-unsaturated/α-hetero) is 1. The first-order valence-corrected chi connectivity index (χ1v) is 13.2. The second-order valence-electron chi connectivity index (χ2n) is 9.79. The van der Waals surface area contributed by atoms with E-state index in [1.54, 1.807) is 84.9 Å². The zero-order valence-corrected chi connectivity index (χ0v) is 22.8. The van der Waals surface area contributed by atoms with E-state index in [-0.39, 0.29) is 23.2 Å². The number of methoxy groups -OCH3 is 1. The molecule has 0 spiro atoms.